The number of carbonyl (C=O) groups excluding carboxylic acids is 1. The third-order valence-corrected chi connectivity index (χ3v) is 3.40. The minimum Gasteiger partial charge on any atom is -0.307 e. The Morgan fingerprint density at radius 3 is 3.05 bits per heavy atom. The van der Waals surface area contributed by atoms with Crippen molar-refractivity contribution in [3.05, 3.63) is 36.3 Å². The number of hydrogen-bond acceptors (Lipinski definition) is 3. The van der Waals surface area contributed by atoms with Crippen LogP contribution >= 0.6 is 0 Å². The zero-order chi connectivity index (χ0) is 13.1. The van der Waals surface area contributed by atoms with Crippen LogP contribution in [-0.4, -0.2) is 21.4 Å². The molecule has 1 amide bonds. The largest absolute Gasteiger partial charge is 0.307 e. The Labute approximate surface area is 111 Å². The van der Waals surface area contributed by atoms with Crippen LogP contribution in [0.5, 0.6) is 0 Å². The quantitative estimate of drug-likeness (QED) is 0.853. The molecule has 0 bridgehead atoms. The lowest BCUT2D eigenvalue weighted by molar-refractivity contribution is -0.137. The fraction of sp³-hybridized carbons (Fsp3) is 0.429. The highest BCUT2D eigenvalue weighted by molar-refractivity contribution is 5.77. The van der Waals surface area contributed by atoms with Gasteiger partial charge in [-0.05, 0) is 25.0 Å². The smallest absolute Gasteiger partial charge is 0.249 e. The predicted octanol–water partition coefficient (Wildman–Crippen LogP) is 1.87. The molecule has 19 heavy (non-hydrogen) atoms. The van der Waals surface area contributed by atoms with Crippen molar-refractivity contribution < 1.29 is 9.63 Å². The van der Waals surface area contributed by atoms with Crippen molar-refractivity contribution in [2.24, 2.45) is 0 Å². The summed E-state index contributed by atoms with van der Waals surface area (Å²) < 4.78 is 1.90. The molecule has 1 N–H and O–H groups in total. The maximum absolute atomic E-state index is 11.8. The van der Waals surface area contributed by atoms with E-state index in [0.29, 0.717) is 0 Å². The van der Waals surface area contributed by atoms with Crippen LogP contribution in [0.15, 0.2) is 30.6 Å². The molecule has 1 aliphatic rings. The summed E-state index contributed by atoms with van der Waals surface area (Å²) in [6.07, 6.45) is 8.66. The minimum atomic E-state index is -0.143. The van der Waals surface area contributed by atoms with Crippen molar-refractivity contribution >= 4 is 11.6 Å². The SMILES string of the molecule is O=C(Cc1cn2ccccc2n1)NOC1CCCC1. The second-order valence-electron chi connectivity index (χ2n) is 4.92. The molecule has 0 unspecified atom stereocenters. The van der Waals surface area contributed by atoms with Gasteiger partial charge in [0.05, 0.1) is 18.2 Å². The monoisotopic (exact) mass is 259 g/mol. The molecule has 2 aromatic rings. The van der Waals surface area contributed by atoms with Crippen LogP contribution in [0.2, 0.25) is 0 Å². The summed E-state index contributed by atoms with van der Waals surface area (Å²) in [5.74, 6) is -0.143. The summed E-state index contributed by atoms with van der Waals surface area (Å²) in [5.41, 5.74) is 4.13. The van der Waals surface area contributed by atoms with Gasteiger partial charge in [0.25, 0.3) is 0 Å². The van der Waals surface area contributed by atoms with Crippen LogP contribution in [0, 0.1) is 0 Å². The first-order valence-corrected chi connectivity index (χ1v) is 6.68. The first-order chi connectivity index (χ1) is 9.31. The standard InChI is InChI=1S/C14H17N3O2/c18-14(16-19-12-5-1-2-6-12)9-11-10-17-8-4-3-7-13(17)15-11/h3-4,7-8,10,12H,1-2,5-6,9H2,(H,16,18). The number of imidazole rings is 1. The number of fused-ring (bicyclic) bond motifs is 1. The molecular weight excluding hydrogens is 242 g/mol. The number of hydroxylamine groups is 1. The van der Waals surface area contributed by atoms with Gasteiger partial charge in [0.2, 0.25) is 5.91 Å². The van der Waals surface area contributed by atoms with Crippen LogP contribution in [0.1, 0.15) is 31.4 Å². The Kier molecular flexibility index (Phi) is 3.46. The lowest BCUT2D eigenvalue weighted by Crippen LogP contribution is -2.29. The molecule has 2 heterocycles. The van der Waals surface area contributed by atoms with E-state index in [-0.39, 0.29) is 18.4 Å². The molecule has 0 radical (unpaired) electrons. The van der Waals surface area contributed by atoms with Crippen molar-refractivity contribution in [1.29, 1.82) is 0 Å². The second kappa shape index (κ2) is 5.40. The molecule has 1 fully saturated rings. The number of amides is 1. The van der Waals surface area contributed by atoms with Gasteiger partial charge in [-0.25, -0.2) is 10.5 Å². The molecule has 0 spiro atoms. The van der Waals surface area contributed by atoms with E-state index >= 15 is 0 Å². The highest BCUT2D eigenvalue weighted by Crippen LogP contribution is 2.19. The number of aromatic nitrogens is 2. The molecule has 0 atom stereocenters. The zero-order valence-corrected chi connectivity index (χ0v) is 10.7. The fourth-order valence-corrected chi connectivity index (χ4v) is 2.43. The van der Waals surface area contributed by atoms with Gasteiger partial charge < -0.3 is 4.40 Å². The number of rotatable bonds is 4. The van der Waals surface area contributed by atoms with E-state index in [1.165, 1.54) is 12.8 Å². The number of pyridine rings is 1. The first kappa shape index (κ1) is 12.2. The lowest BCUT2D eigenvalue weighted by Gasteiger charge is -2.10. The molecule has 1 aliphatic carbocycles. The van der Waals surface area contributed by atoms with E-state index in [2.05, 4.69) is 10.5 Å². The van der Waals surface area contributed by atoms with E-state index < -0.39 is 0 Å². The van der Waals surface area contributed by atoms with Crippen molar-refractivity contribution in [3.63, 3.8) is 0 Å². The topological polar surface area (TPSA) is 55.6 Å². The van der Waals surface area contributed by atoms with Gasteiger partial charge in [-0.2, -0.15) is 0 Å². The maximum Gasteiger partial charge on any atom is 0.249 e. The summed E-state index contributed by atoms with van der Waals surface area (Å²) in [6.45, 7) is 0. The van der Waals surface area contributed by atoms with Gasteiger partial charge in [0.15, 0.2) is 0 Å². The molecule has 2 aromatic heterocycles. The average Bonchev–Trinajstić information content (AvgIpc) is 3.04. The van der Waals surface area contributed by atoms with E-state index in [1.807, 2.05) is 35.0 Å². The van der Waals surface area contributed by atoms with Gasteiger partial charge in [-0.1, -0.05) is 18.9 Å². The Balaban J connectivity index is 1.56. The van der Waals surface area contributed by atoms with Crippen molar-refractivity contribution in [1.82, 2.24) is 14.9 Å². The van der Waals surface area contributed by atoms with Crippen LogP contribution in [0.25, 0.3) is 5.65 Å². The summed E-state index contributed by atoms with van der Waals surface area (Å²) in [4.78, 5) is 21.5. The number of carbonyl (C=O) groups is 1. The number of nitrogens with one attached hydrogen (secondary N) is 1. The van der Waals surface area contributed by atoms with E-state index in [4.69, 9.17) is 4.84 Å². The molecular formula is C14H17N3O2. The molecule has 3 rings (SSSR count). The Morgan fingerprint density at radius 1 is 1.42 bits per heavy atom. The summed E-state index contributed by atoms with van der Waals surface area (Å²) >= 11 is 0. The van der Waals surface area contributed by atoms with Gasteiger partial charge >= 0.3 is 0 Å². The molecule has 1 saturated carbocycles. The third-order valence-electron chi connectivity index (χ3n) is 3.40. The van der Waals surface area contributed by atoms with Gasteiger partial charge in [-0.3, -0.25) is 9.63 Å². The zero-order valence-electron chi connectivity index (χ0n) is 10.7. The van der Waals surface area contributed by atoms with Crippen LogP contribution in [-0.2, 0) is 16.1 Å². The summed E-state index contributed by atoms with van der Waals surface area (Å²) in [6, 6.07) is 5.77. The van der Waals surface area contributed by atoms with Crippen molar-refractivity contribution in [2.45, 2.75) is 38.2 Å². The highest BCUT2D eigenvalue weighted by atomic mass is 16.7. The van der Waals surface area contributed by atoms with Gasteiger partial charge in [0, 0.05) is 12.4 Å². The van der Waals surface area contributed by atoms with Gasteiger partial charge in [0.1, 0.15) is 5.65 Å². The third kappa shape index (κ3) is 2.93. The molecule has 0 saturated heterocycles. The van der Waals surface area contributed by atoms with Crippen LogP contribution in [0.4, 0.5) is 0 Å². The lowest BCUT2D eigenvalue weighted by atomic mass is 10.3. The Hall–Kier alpha value is -1.88. The van der Waals surface area contributed by atoms with E-state index in [0.717, 1.165) is 24.2 Å². The Bertz CT molecular complexity index is 540. The van der Waals surface area contributed by atoms with Crippen LogP contribution in [0.3, 0.4) is 0 Å². The second-order valence-corrected chi connectivity index (χ2v) is 4.92. The predicted molar refractivity (Wildman–Crippen MR) is 70.4 cm³/mol. The van der Waals surface area contributed by atoms with Crippen LogP contribution < -0.4 is 5.48 Å². The average molecular weight is 259 g/mol. The van der Waals surface area contributed by atoms with Crippen molar-refractivity contribution in [2.75, 3.05) is 0 Å². The van der Waals surface area contributed by atoms with E-state index in [9.17, 15) is 4.79 Å². The van der Waals surface area contributed by atoms with Gasteiger partial charge in [-0.15, -0.1) is 0 Å². The van der Waals surface area contributed by atoms with E-state index in [1.54, 1.807) is 0 Å². The molecule has 0 aromatic carbocycles. The highest BCUT2D eigenvalue weighted by Gasteiger charge is 2.17. The summed E-state index contributed by atoms with van der Waals surface area (Å²) in [7, 11) is 0. The Morgan fingerprint density at radius 2 is 2.26 bits per heavy atom. The molecule has 100 valence electrons. The number of nitrogens with zero attached hydrogens (tertiary/aromatic N) is 2. The van der Waals surface area contributed by atoms with Crippen molar-refractivity contribution in [3.8, 4) is 0 Å². The first-order valence-electron chi connectivity index (χ1n) is 6.68. The maximum atomic E-state index is 11.8. The number of hydrogen-bond donors (Lipinski definition) is 1. The molecule has 5 heteroatoms. The minimum absolute atomic E-state index is 0.143. The molecule has 0 aliphatic heterocycles. The normalized spacial score (nSPS) is 16.0. The summed E-state index contributed by atoms with van der Waals surface area (Å²) in [5, 5.41) is 0. The molecule has 5 nitrogen and oxygen atoms in total. The fourth-order valence-electron chi connectivity index (χ4n) is 2.43.